The van der Waals surface area contributed by atoms with Crippen LogP contribution in [-0.4, -0.2) is 38.3 Å². The minimum atomic E-state index is 0.324. The van der Waals surface area contributed by atoms with Crippen LogP contribution in [0.4, 0.5) is 0 Å². The van der Waals surface area contributed by atoms with Crippen LogP contribution in [0.1, 0.15) is 63.6 Å². The topological polar surface area (TPSA) is 57.8 Å². The van der Waals surface area contributed by atoms with Crippen LogP contribution in [0.25, 0.3) is 11.4 Å². The lowest BCUT2D eigenvalue weighted by atomic mass is 10.0. The molecule has 0 radical (unpaired) electrons. The molecule has 0 fully saturated rings. The van der Waals surface area contributed by atoms with Crippen molar-refractivity contribution in [3.05, 3.63) is 17.7 Å². The second-order valence-corrected chi connectivity index (χ2v) is 6.49. The molecule has 0 bridgehead atoms. The molecule has 6 nitrogen and oxygen atoms in total. The molecule has 2 unspecified atom stereocenters. The van der Waals surface area contributed by atoms with E-state index in [0.717, 1.165) is 36.5 Å². The Labute approximate surface area is 137 Å². The van der Waals surface area contributed by atoms with Gasteiger partial charge in [-0.15, -0.1) is 0 Å². The molecule has 23 heavy (non-hydrogen) atoms. The molecule has 126 valence electrons. The van der Waals surface area contributed by atoms with Crippen molar-refractivity contribution >= 4 is 0 Å². The summed E-state index contributed by atoms with van der Waals surface area (Å²) in [6.45, 7) is 7.26. The highest BCUT2D eigenvalue weighted by Crippen LogP contribution is 2.32. The second kappa shape index (κ2) is 6.83. The van der Waals surface area contributed by atoms with Gasteiger partial charge in [-0.1, -0.05) is 6.92 Å². The first-order valence-electron chi connectivity index (χ1n) is 8.66. The van der Waals surface area contributed by atoms with E-state index < -0.39 is 0 Å². The number of hydrogen-bond acceptors (Lipinski definition) is 4. The van der Waals surface area contributed by atoms with Crippen molar-refractivity contribution in [1.82, 2.24) is 24.5 Å². The Morgan fingerprint density at radius 2 is 2.26 bits per heavy atom. The van der Waals surface area contributed by atoms with Gasteiger partial charge < -0.3 is 4.74 Å². The predicted octanol–water partition coefficient (Wildman–Crippen LogP) is 3.20. The van der Waals surface area contributed by atoms with Crippen molar-refractivity contribution in [2.45, 2.75) is 65.0 Å². The first-order chi connectivity index (χ1) is 11.2. The fourth-order valence-corrected chi connectivity index (χ4v) is 3.22. The average molecular weight is 317 g/mol. The summed E-state index contributed by atoms with van der Waals surface area (Å²) in [5, 5.41) is 9.35. The number of ether oxygens (including phenoxy) is 1. The molecule has 0 saturated heterocycles. The first kappa shape index (κ1) is 16.2. The maximum absolute atomic E-state index is 5.17. The van der Waals surface area contributed by atoms with Crippen LogP contribution in [0.5, 0.6) is 0 Å². The third kappa shape index (κ3) is 3.04. The quantitative estimate of drug-likeness (QED) is 0.821. The normalized spacial score (nSPS) is 18.9. The maximum atomic E-state index is 5.17. The van der Waals surface area contributed by atoms with Gasteiger partial charge in [0, 0.05) is 25.3 Å². The zero-order valence-corrected chi connectivity index (χ0v) is 14.6. The lowest BCUT2D eigenvalue weighted by Gasteiger charge is -2.22. The van der Waals surface area contributed by atoms with E-state index in [9.17, 15) is 0 Å². The van der Waals surface area contributed by atoms with Crippen LogP contribution in [0.15, 0.2) is 6.20 Å². The fourth-order valence-electron chi connectivity index (χ4n) is 3.22. The minimum absolute atomic E-state index is 0.324. The van der Waals surface area contributed by atoms with Crippen molar-refractivity contribution in [3.63, 3.8) is 0 Å². The van der Waals surface area contributed by atoms with Gasteiger partial charge in [-0.2, -0.15) is 10.2 Å². The number of hydrogen-bond donors (Lipinski definition) is 0. The molecule has 2 aromatic rings. The zero-order valence-electron chi connectivity index (χ0n) is 14.6. The molecule has 1 aliphatic heterocycles. The molecule has 2 atom stereocenters. The van der Waals surface area contributed by atoms with Gasteiger partial charge in [-0.05, 0) is 39.5 Å². The molecule has 6 heteroatoms. The second-order valence-electron chi connectivity index (χ2n) is 6.49. The van der Waals surface area contributed by atoms with Crippen LogP contribution in [-0.2, 0) is 17.6 Å². The number of aromatic nitrogens is 5. The van der Waals surface area contributed by atoms with Crippen molar-refractivity contribution in [2.24, 2.45) is 0 Å². The van der Waals surface area contributed by atoms with Gasteiger partial charge in [0.25, 0.3) is 0 Å². The summed E-state index contributed by atoms with van der Waals surface area (Å²) in [6.07, 6.45) is 7.23. The molecular weight excluding hydrogens is 290 g/mol. The zero-order chi connectivity index (χ0) is 16.4. The maximum Gasteiger partial charge on any atom is 0.162 e. The molecule has 0 N–H and O–H groups in total. The minimum Gasteiger partial charge on any atom is -0.384 e. The number of fused-ring (bicyclic) bond motifs is 1. The molecule has 2 aromatic heterocycles. The molecular formula is C17H27N5O. The lowest BCUT2D eigenvalue weighted by molar-refractivity contribution is 0.200. The summed E-state index contributed by atoms with van der Waals surface area (Å²) >= 11 is 0. The summed E-state index contributed by atoms with van der Waals surface area (Å²) < 4.78 is 9.41. The van der Waals surface area contributed by atoms with Crippen LogP contribution < -0.4 is 0 Å². The molecule has 3 rings (SSSR count). The summed E-state index contributed by atoms with van der Waals surface area (Å²) in [4.78, 5) is 4.81. The van der Waals surface area contributed by atoms with E-state index in [1.54, 1.807) is 7.11 Å². The predicted molar refractivity (Wildman–Crippen MR) is 89.5 cm³/mol. The molecule has 0 spiro atoms. The third-order valence-corrected chi connectivity index (χ3v) is 4.81. The molecule has 0 saturated carbocycles. The Bertz CT molecular complexity index is 660. The number of methoxy groups -OCH3 is 1. The van der Waals surface area contributed by atoms with Crippen LogP contribution in [0.3, 0.4) is 0 Å². The largest absolute Gasteiger partial charge is 0.384 e. The summed E-state index contributed by atoms with van der Waals surface area (Å²) in [5.41, 5.74) is 2.45. The lowest BCUT2D eigenvalue weighted by Crippen LogP contribution is -2.17. The van der Waals surface area contributed by atoms with Gasteiger partial charge >= 0.3 is 0 Å². The SMILES string of the molecule is CCC(C)n1nc(CCOC)nc1-c1cnn2c1CCCC2C. The Morgan fingerprint density at radius 3 is 3.00 bits per heavy atom. The van der Waals surface area contributed by atoms with E-state index in [2.05, 4.69) is 35.2 Å². The Balaban J connectivity index is 2.02. The van der Waals surface area contributed by atoms with Crippen molar-refractivity contribution < 1.29 is 4.74 Å². The molecule has 1 aliphatic rings. The van der Waals surface area contributed by atoms with E-state index in [-0.39, 0.29) is 0 Å². The Morgan fingerprint density at radius 1 is 1.43 bits per heavy atom. The third-order valence-electron chi connectivity index (χ3n) is 4.81. The van der Waals surface area contributed by atoms with E-state index in [1.165, 1.54) is 18.5 Å². The van der Waals surface area contributed by atoms with Gasteiger partial charge in [0.2, 0.25) is 0 Å². The Kier molecular flexibility index (Phi) is 4.80. The van der Waals surface area contributed by atoms with Crippen molar-refractivity contribution in [2.75, 3.05) is 13.7 Å². The molecule has 0 amide bonds. The van der Waals surface area contributed by atoms with Gasteiger partial charge in [0.05, 0.1) is 24.4 Å². The van der Waals surface area contributed by atoms with Gasteiger partial charge in [0.1, 0.15) is 0 Å². The summed E-state index contributed by atoms with van der Waals surface area (Å²) in [6, 6.07) is 0.797. The van der Waals surface area contributed by atoms with Crippen molar-refractivity contribution in [1.29, 1.82) is 0 Å². The smallest absolute Gasteiger partial charge is 0.162 e. The fraction of sp³-hybridized carbons (Fsp3) is 0.706. The van der Waals surface area contributed by atoms with Crippen molar-refractivity contribution in [3.8, 4) is 11.4 Å². The Hall–Kier alpha value is -1.69. The van der Waals surface area contributed by atoms with Gasteiger partial charge in [-0.3, -0.25) is 4.68 Å². The van der Waals surface area contributed by atoms with Gasteiger partial charge in [0.15, 0.2) is 11.6 Å². The highest BCUT2D eigenvalue weighted by Gasteiger charge is 2.25. The number of rotatable bonds is 6. The first-order valence-corrected chi connectivity index (χ1v) is 8.66. The van der Waals surface area contributed by atoms with Gasteiger partial charge in [-0.25, -0.2) is 9.67 Å². The summed E-state index contributed by atoms with van der Waals surface area (Å²) in [7, 11) is 1.71. The molecule has 0 aliphatic carbocycles. The van der Waals surface area contributed by atoms with E-state index in [1.807, 2.05) is 6.20 Å². The summed E-state index contributed by atoms with van der Waals surface area (Å²) in [5.74, 6) is 1.81. The standard InChI is InChI=1S/C17H27N5O/c1-5-12(2)22-17(19-16(20-22)9-10-23-4)14-11-18-21-13(3)7-6-8-15(14)21/h11-13H,5-10H2,1-4H3. The highest BCUT2D eigenvalue weighted by atomic mass is 16.5. The molecule has 0 aromatic carbocycles. The highest BCUT2D eigenvalue weighted by molar-refractivity contribution is 5.58. The van der Waals surface area contributed by atoms with Crippen LogP contribution >= 0.6 is 0 Å². The monoisotopic (exact) mass is 317 g/mol. The van der Waals surface area contributed by atoms with Crippen LogP contribution in [0.2, 0.25) is 0 Å². The molecule has 3 heterocycles. The average Bonchev–Trinajstić information content (AvgIpc) is 3.16. The van der Waals surface area contributed by atoms with E-state index in [4.69, 9.17) is 14.8 Å². The van der Waals surface area contributed by atoms with E-state index in [0.29, 0.717) is 18.7 Å². The van der Waals surface area contributed by atoms with E-state index >= 15 is 0 Å². The number of nitrogens with zero attached hydrogens (tertiary/aromatic N) is 5. The van der Waals surface area contributed by atoms with Crippen LogP contribution in [0, 0.1) is 0 Å².